The third-order valence-electron chi connectivity index (χ3n) is 3.57. The maximum Gasteiger partial charge on any atom is 0.129 e. The highest BCUT2D eigenvalue weighted by molar-refractivity contribution is 5.20. The number of aliphatic hydroxyl groups excluding tert-OH is 2. The van der Waals surface area contributed by atoms with E-state index in [0.717, 1.165) is 25.7 Å². The summed E-state index contributed by atoms with van der Waals surface area (Å²) < 4.78 is 13.4. The predicted octanol–water partition coefficient (Wildman–Crippen LogP) is 1.75. The van der Waals surface area contributed by atoms with Crippen molar-refractivity contribution in [3.63, 3.8) is 0 Å². The molecule has 3 N–H and O–H groups in total. The van der Waals surface area contributed by atoms with Crippen LogP contribution in [0.4, 0.5) is 4.39 Å². The lowest BCUT2D eigenvalue weighted by Crippen LogP contribution is -2.43. The Hall–Kier alpha value is -0.970. The Labute approximate surface area is 107 Å². The standard InChI is InChI=1S/C14H20FNO2/c15-11-6-2-1-5-10(11)14(18)9-16-12-7-3-4-8-13(12)17/h1-2,5-6,12-14,16-18H,3-4,7-9H2. The predicted molar refractivity (Wildman–Crippen MR) is 67.6 cm³/mol. The van der Waals surface area contributed by atoms with Gasteiger partial charge >= 0.3 is 0 Å². The molecule has 100 valence electrons. The van der Waals surface area contributed by atoms with Gasteiger partial charge in [0, 0.05) is 18.2 Å². The molecule has 3 atom stereocenters. The van der Waals surface area contributed by atoms with Crippen molar-refractivity contribution in [3.8, 4) is 0 Å². The molecule has 1 aliphatic rings. The smallest absolute Gasteiger partial charge is 0.129 e. The summed E-state index contributed by atoms with van der Waals surface area (Å²) in [6.07, 6.45) is 2.62. The van der Waals surface area contributed by atoms with Gasteiger partial charge in [0.2, 0.25) is 0 Å². The van der Waals surface area contributed by atoms with Gasteiger partial charge in [0.25, 0.3) is 0 Å². The van der Waals surface area contributed by atoms with Gasteiger partial charge in [-0.3, -0.25) is 0 Å². The van der Waals surface area contributed by atoms with Crippen LogP contribution in [0.15, 0.2) is 24.3 Å². The van der Waals surface area contributed by atoms with Crippen molar-refractivity contribution in [3.05, 3.63) is 35.6 Å². The number of hydrogen-bond acceptors (Lipinski definition) is 3. The number of rotatable bonds is 4. The van der Waals surface area contributed by atoms with E-state index in [1.807, 2.05) is 0 Å². The van der Waals surface area contributed by atoms with Gasteiger partial charge < -0.3 is 15.5 Å². The van der Waals surface area contributed by atoms with Crippen LogP contribution in [0.1, 0.15) is 37.4 Å². The third-order valence-corrected chi connectivity index (χ3v) is 3.57. The first-order chi connectivity index (χ1) is 8.68. The normalized spacial score (nSPS) is 25.9. The highest BCUT2D eigenvalue weighted by Gasteiger charge is 2.23. The maximum absolute atomic E-state index is 13.4. The van der Waals surface area contributed by atoms with Crippen molar-refractivity contribution < 1.29 is 14.6 Å². The van der Waals surface area contributed by atoms with Crippen LogP contribution in [-0.2, 0) is 0 Å². The van der Waals surface area contributed by atoms with Crippen LogP contribution in [0.25, 0.3) is 0 Å². The molecule has 3 unspecified atom stereocenters. The molecular weight excluding hydrogens is 233 g/mol. The van der Waals surface area contributed by atoms with Gasteiger partial charge in [-0.15, -0.1) is 0 Å². The minimum Gasteiger partial charge on any atom is -0.392 e. The van der Waals surface area contributed by atoms with Gasteiger partial charge in [-0.05, 0) is 18.9 Å². The Kier molecular flexibility index (Phi) is 4.69. The molecule has 3 nitrogen and oxygen atoms in total. The summed E-state index contributed by atoms with van der Waals surface area (Å²) in [5, 5.41) is 22.9. The Morgan fingerprint density at radius 3 is 2.72 bits per heavy atom. The molecule has 0 heterocycles. The van der Waals surface area contributed by atoms with E-state index in [9.17, 15) is 14.6 Å². The Balaban J connectivity index is 1.88. The fraction of sp³-hybridized carbons (Fsp3) is 0.571. The van der Waals surface area contributed by atoms with Crippen molar-refractivity contribution in [1.29, 1.82) is 0 Å². The molecule has 0 bridgehead atoms. The fourth-order valence-corrected chi connectivity index (χ4v) is 2.47. The van der Waals surface area contributed by atoms with Crippen LogP contribution in [0.2, 0.25) is 0 Å². The molecule has 0 radical (unpaired) electrons. The number of hydrogen-bond donors (Lipinski definition) is 3. The van der Waals surface area contributed by atoms with Crippen molar-refractivity contribution in [1.82, 2.24) is 5.32 Å². The average molecular weight is 253 g/mol. The second kappa shape index (κ2) is 6.27. The average Bonchev–Trinajstić information content (AvgIpc) is 2.38. The summed E-state index contributed by atoms with van der Waals surface area (Å²) in [5.74, 6) is -0.393. The highest BCUT2D eigenvalue weighted by Crippen LogP contribution is 2.20. The SMILES string of the molecule is OC(CNC1CCCCC1O)c1ccccc1F. The fourth-order valence-electron chi connectivity index (χ4n) is 2.47. The second-order valence-electron chi connectivity index (χ2n) is 4.90. The zero-order chi connectivity index (χ0) is 13.0. The van der Waals surface area contributed by atoms with Crippen molar-refractivity contribution in [2.45, 2.75) is 43.9 Å². The van der Waals surface area contributed by atoms with E-state index in [1.165, 1.54) is 6.07 Å². The molecule has 2 rings (SSSR count). The van der Waals surface area contributed by atoms with Crippen LogP contribution in [0, 0.1) is 5.82 Å². The number of halogens is 1. The lowest BCUT2D eigenvalue weighted by Gasteiger charge is -2.29. The van der Waals surface area contributed by atoms with E-state index < -0.39 is 11.9 Å². The summed E-state index contributed by atoms with van der Waals surface area (Å²) >= 11 is 0. The van der Waals surface area contributed by atoms with Crippen molar-refractivity contribution in [2.75, 3.05) is 6.54 Å². The molecule has 4 heteroatoms. The van der Waals surface area contributed by atoms with Crippen LogP contribution in [0.3, 0.4) is 0 Å². The minimum atomic E-state index is -0.875. The summed E-state index contributed by atoms with van der Waals surface area (Å²) in [4.78, 5) is 0. The molecule has 0 aliphatic heterocycles. The number of benzene rings is 1. The Bertz CT molecular complexity index is 386. The minimum absolute atomic E-state index is 0.0140. The van der Waals surface area contributed by atoms with E-state index in [-0.39, 0.29) is 18.7 Å². The molecule has 1 aliphatic carbocycles. The second-order valence-corrected chi connectivity index (χ2v) is 4.90. The van der Waals surface area contributed by atoms with Crippen LogP contribution in [0.5, 0.6) is 0 Å². The third kappa shape index (κ3) is 3.28. The molecule has 0 aromatic heterocycles. The maximum atomic E-state index is 13.4. The largest absolute Gasteiger partial charge is 0.392 e. The number of nitrogens with one attached hydrogen (secondary N) is 1. The van der Waals surface area contributed by atoms with E-state index >= 15 is 0 Å². The Morgan fingerprint density at radius 2 is 2.00 bits per heavy atom. The monoisotopic (exact) mass is 253 g/mol. The van der Waals surface area contributed by atoms with Gasteiger partial charge in [-0.1, -0.05) is 31.0 Å². The zero-order valence-corrected chi connectivity index (χ0v) is 10.3. The van der Waals surface area contributed by atoms with Gasteiger partial charge in [0.1, 0.15) is 5.82 Å². The molecule has 1 fully saturated rings. The molecule has 0 amide bonds. The van der Waals surface area contributed by atoms with E-state index in [0.29, 0.717) is 5.56 Å². The first kappa shape index (κ1) is 13.5. The summed E-state index contributed by atoms with van der Waals surface area (Å²) in [7, 11) is 0. The van der Waals surface area contributed by atoms with Crippen molar-refractivity contribution in [2.24, 2.45) is 0 Å². The quantitative estimate of drug-likeness (QED) is 0.766. The van der Waals surface area contributed by atoms with Crippen LogP contribution in [-0.4, -0.2) is 28.9 Å². The van der Waals surface area contributed by atoms with Crippen LogP contribution < -0.4 is 5.32 Å². The number of aliphatic hydroxyl groups is 2. The van der Waals surface area contributed by atoms with E-state index in [4.69, 9.17) is 0 Å². The molecule has 0 spiro atoms. The molecule has 0 saturated heterocycles. The molecule has 1 saturated carbocycles. The molecular formula is C14H20FNO2. The van der Waals surface area contributed by atoms with E-state index in [2.05, 4.69) is 5.32 Å². The summed E-state index contributed by atoms with van der Waals surface area (Å²) in [6, 6.07) is 6.24. The van der Waals surface area contributed by atoms with E-state index in [1.54, 1.807) is 18.2 Å². The summed E-state index contributed by atoms with van der Waals surface area (Å²) in [6.45, 7) is 0.267. The highest BCUT2D eigenvalue weighted by atomic mass is 19.1. The Morgan fingerprint density at radius 1 is 1.28 bits per heavy atom. The van der Waals surface area contributed by atoms with Gasteiger partial charge in [-0.25, -0.2) is 4.39 Å². The first-order valence-corrected chi connectivity index (χ1v) is 6.52. The van der Waals surface area contributed by atoms with Gasteiger partial charge in [0.05, 0.1) is 12.2 Å². The topological polar surface area (TPSA) is 52.5 Å². The molecule has 1 aromatic rings. The summed E-state index contributed by atoms with van der Waals surface area (Å²) in [5.41, 5.74) is 0.301. The zero-order valence-electron chi connectivity index (χ0n) is 10.3. The first-order valence-electron chi connectivity index (χ1n) is 6.52. The van der Waals surface area contributed by atoms with Gasteiger partial charge in [-0.2, -0.15) is 0 Å². The lowest BCUT2D eigenvalue weighted by atomic mass is 9.92. The molecule has 1 aromatic carbocycles. The lowest BCUT2D eigenvalue weighted by molar-refractivity contribution is 0.0793. The van der Waals surface area contributed by atoms with Crippen molar-refractivity contribution >= 4 is 0 Å². The van der Waals surface area contributed by atoms with Gasteiger partial charge in [0.15, 0.2) is 0 Å². The molecule has 18 heavy (non-hydrogen) atoms. The van der Waals surface area contributed by atoms with Crippen LogP contribution >= 0.6 is 0 Å².